The smallest absolute Gasteiger partial charge is 0.304 e. The second-order valence-corrected chi connectivity index (χ2v) is 5.75. The molecule has 1 atom stereocenters. The van der Waals surface area contributed by atoms with Crippen LogP contribution in [0, 0.1) is 10.1 Å². The summed E-state index contributed by atoms with van der Waals surface area (Å²) in [6.07, 6.45) is 0.820. The Morgan fingerprint density at radius 2 is 2.25 bits per heavy atom. The summed E-state index contributed by atoms with van der Waals surface area (Å²) in [5, 5.41) is 13.8. The van der Waals surface area contributed by atoms with E-state index in [1.807, 2.05) is 6.92 Å². The van der Waals surface area contributed by atoms with Crippen LogP contribution >= 0.6 is 11.8 Å². The van der Waals surface area contributed by atoms with Gasteiger partial charge in [-0.15, -0.1) is 0 Å². The summed E-state index contributed by atoms with van der Waals surface area (Å²) in [4.78, 5) is 22.5. The molecule has 0 aliphatic heterocycles. The van der Waals surface area contributed by atoms with Crippen LogP contribution in [-0.4, -0.2) is 28.4 Å². The molecule has 1 unspecified atom stereocenters. The predicted molar refractivity (Wildman–Crippen MR) is 82.1 cm³/mol. The molecule has 0 aliphatic carbocycles. The van der Waals surface area contributed by atoms with Crippen LogP contribution in [0.15, 0.2) is 18.2 Å². The van der Waals surface area contributed by atoms with Gasteiger partial charge >= 0.3 is 5.69 Å². The highest BCUT2D eigenvalue weighted by Gasteiger charge is 2.23. The van der Waals surface area contributed by atoms with Crippen molar-refractivity contribution in [3.63, 3.8) is 0 Å². The summed E-state index contributed by atoms with van der Waals surface area (Å²) in [6.45, 7) is 3.95. The van der Waals surface area contributed by atoms with Gasteiger partial charge in [0.05, 0.1) is 4.92 Å². The lowest BCUT2D eigenvalue weighted by atomic mass is 10.1. The summed E-state index contributed by atoms with van der Waals surface area (Å²) in [6, 6.07) is 4.32. The number of carbonyl (C=O) groups is 1. The number of nitrogens with zero attached hydrogens (tertiary/aromatic N) is 1. The normalized spacial score (nSPS) is 11.9. The number of thioether (sulfide) groups is 1. The van der Waals surface area contributed by atoms with Crippen LogP contribution in [0.1, 0.15) is 30.6 Å². The van der Waals surface area contributed by atoms with Crippen LogP contribution in [0.2, 0.25) is 0 Å². The number of nitrogens with one attached hydrogen (secondary N) is 1. The van der Waals surface area contributed by atoms with Gasteiger partial charge in [-0.3, -0.25) is 14.9 Å². The van der Waals surface area contributed by atoms with Crippen molar-refractivity contribution in [2.24, 2.45) is 0 Å². The summed E-state index contributed by atoms with van der Waals surface area (Å²) in [7, 11) is 0. The second-order valence-electron chi connectivity index (χ2n) is 4.36. The number of nitrogen functional groups attached to an aromatic ring is 1. The first-order valence-corrected chi connectivity index (χ1v) is 7.54. The molecule has 7 heteroatoms. The molecule has 1 aromatic carbocycles. The first-order valence-electron chi connectivity index (χ1n) is 6.38. The van der Waals surface area contributed by atoms with Gasteiger partial charge in [-0.25, -0.2) is 0 Å². The molecule has 0 spiro atoms. The number of rotatable bonds is 7. The Labute approximate surface area is 122 Å². The molecule has 0 fully saturated rings. The highest BCUT2D eigenvalue weighted by Crippen LogP contribution is 2.25. The number of nitro groups is 1. The molecule has 0 heterocycles. The highest BCUT2D eigenvalue weighted by atomic mass is 32.2. The fourth-order valence-electron chi connectivity index (χ4n) is 1.73. The third-order valence-electron chi connectivity index (χ3n) is 2.77. The van der Waals surface area contributed by atoms with Crippen molar-refractivity contribution < 1.29 is 9.72 Å². The number of anilines is 1. The zero-order valence-corrected chi connectivity index (χ0v) is 12.4. The van der Waals surface area contributed by atoms with Crippen LogP contribution in [0.4, 0.5) is 11.4 Å². The summed E-state index contributed by atoms with van der Waals surface area (Å²) in [5.41, 5.74) is 5.23. The lowest BCUT2D eigenvalue weighted by molar-refractivity contribution is -0.384. The molecule has 1 aromatic rings. The fourth-order valence-corrected chi connectivity index (χ4v) is 2.54. The Balaban J connectivity index is 2.77. The van der Waals surface area contributed by atoms with E-state index in [-0.39, 0.29) is 23.0 Å². The molecule has 0 radical (unpaired) electrons. The maximum atomic E-state index is 12.1. The molecule has 0 bridgehead atoms. The molecule has 1 rings (SSSR count). The number of nitro benzene ring substituents is 1. The van der Waals surface area contributed by atoms with E-state index in [4.69, 9.17) is 5.73 Å². The molecule has 110 valence electrons. The van der Waals surface area contributed by atoms with Crippen molar-refractivity contribution in [1.29, 1.82) is 0 Å². The minimum atomic E-state index is -0.623. The third-order valence-corrected chi connectivity index (χ3v) is 3.70. The Morgan fingerprint density at radius 3 is 2.85 bits per heavy atom. The van der Waals surface area contributed by atoms with E-state index < -0.39 is 10.8 Å². The molecule has 0 saturated carbocycles. The predicted octanol–water partition coefficient (Wildman–Crippen LogP) is 2.44. The molecule has 20 heavy (non-hydrogen) atoms. The van der Waals surface area contributed by atoms with E-state index in [9.17, 15) is 14.9 Å². The van der Waals surface area contributed by atoms with Gasteiger partial charge in [0.25, 0.3) is 5.91 Å². The van der Waals surface area contributed by atoms with Crippen LogP contribution in [0.25, 0.3) is 0 Å². The SMILES string of the molecule is CCSCCC(C)NC(=O)c1cccc(N)c1[N+](=O)[O-]. The standard InChI is InChI=1S/C13H19N3O3S/c1-3-20-8-7-9(2)15-13(17)10-5-4-6-11(14)12(10)16(18)19/h4-6,9H,3,7-8,14H2,1-2H3,(H,15,17). The third kappa shape index (κ3) is 4.41. The Hall–Kier alpha value is -1.76. The monoisotopic (exact) mass is 297 g/mol. The largest absolute Gasteiger partial charge is 0.393 e. The maximum Gasteiger partial charge on any atom is 0.304 e. The second kappa shape index (κ2) is 7.74. The van der Waals surface area contributed by atoms with Crippen molar-refractivity contribution >= 4 is 29.0 Å². The van der Waals surface area contributed by atoms with Crippen LogP contribution in [-0.2, 0) is 0 Å². The molecular formula is C13H19N3O3S. The summed E-state index contributed by atoms with van der Waals surface area (Å²) < 4.78 is 0. The van der Waals surface area contributed by atoms with Crippen molar-refractivity contribution in [3.8, 4) is 0 Å². The lowest BCUT2D eigenvalue weighted by Crippen LogP contribution is -2.33. The maximum absolute atomic E-state index is 12.1. The molecule has 0 aromatic heterocycles. The minimum Gasteiger partial charge on any atom is -0.393 e. The molecular weight excluding hydrogens is 278 g/mol. The first-order chi connectivity index (χ1) is 9.47. The number of para-hydroxylation sites is 1. The van der Waals surface area contributed by atoms with Crippen LogP contribution < -0.4 is 11.1 Å². The van der Waals surface area contributed by atoms with Crippen molar-refractivity contribution in [2.75, 3.05) is 17.2 Å². The molecule has 0 aliphatic rings. The van der Waals surface area contributed by atoms with E-state index in [1.165, 1.54) is 18.2 Å². The van der Waals surface area contributed by atoms with Crippen LogP contribution in [0.3, 0.4) is 0 Å². The quantitative estimate of drug-likeness (QED) is 0.348. The highest BCUT2D eigenvalue weighted by molar-refractivity contribution is 7.99. The topological polar surface area (TPSA) is 98.3 Å². The summed E-state index contributed by atoms with van der Waals surface area (Å²) >= 11 is 1.79. The van der Waals surface area contributed by atoms with Gasteiger partial charge in [-0.1, -0.05) is 13.0 Å². The number of hydrogen-bond donors (Lipinski definition) is 2. The van der Waals surface area contributed by atoms with Gasteiger partial charge in [0.1, 0.15) is 11.3 Å². The number of benzene rings is 1. The number of hydrogen-bond acceptors (Lipinski definition) is 5. The zero-order valence-electron chi connectivity index (χ0n) is 11.6. The number of carbonyl (C=O) groups excluding carboxylic acids is 1. The van der Waals surface area contributed by atoms with Crippen molar-refractivity contribution in [1.82, 2.24) is 5.32 Å². The number of amides is 1. The van der Waals surface area contributed by atoms with E-state index in [1.54, 1.807) is 11.8 Å². The lowest BCUT2D eigenvalue weighted by Gasteiger charge is -2.13. The molecule has 1 amide bonds. The Bertz CT molecular complexity index is 494. The van der Waals surface area contributed by atoms with Crippen molar-refractivity contribution in [2.45, 2.75) is 26.3 Å². The number of nitrogens with two attached hydrogens (primary N) is 1. The Kier molecular flexibility index (Phi) is 6.30. The van der Waals surface area contributed by atoms with Gasteiger partial charge in [-0.2, -0.15) is 11.8 Å². The van der Waals surface area contributed by atoms with Gasteiger partial charge in [-0.05, 0) is 37.0 Å². The van der Waals surface area contributed by atoms with E-state index in [0.717, 1.165) is 17.9 Å². The van der Waals surface area contributed by atoms with E-state index >= 15 is 0 Å². The van der Waals surface area contributed by atoms with Gasteiger partial charge in [0, 0.05) is 6.04 Å². The minimum absolute atomic E-state index is 0.00292. The van der Waals surface area contributed by atoms with Crippen molar-refractivity contribution in [3.05, 3.63) is 33.9 Å². The zero-order chi connectivity index (χ0) is 15.1. The van der Waals surface area contributed by atoms with E-state index in [0.29, 0.717) is 0 Å². The summed E-state index contributed by atoms with van der Waals surface area (Å²) in [5.74, 6) is 1.51. The van der Waals surface area contributed by atoms with E-state index in [2.05, 4.69) is 12.2 Å². The van der Waals surface area contributed by atoms with Gasteiger partial charge in [0.15, 0.2) is 0 Å². The van der Waals surface area contributed by atoms with Gasteiger partial charge in [0.2, 0.25) is 0 Å². The van der Waals surface area contributed by atoms with Crippen LogP contribution in [0.5, 0.6) is 0 Å². The molecule has 3 N–H and O–H groups in total. The van der Waals surface area contributed by atoms with Gasteiger partial charge < -0.3 is 11.1 Å². The average Bonchev–Trinajstić information content (AvgIpc) is 2.38. The Morgan fingerprint density at radius 1 is 1.55 bits per heavy atom. The molecule has 6 nitrogen and oxygen atoms in total. The molecule has 0 saturated heterocycles. The first kappa shape index (κ1) is 16.3. The average molecular weight is 297 g/mol. The fraction of sp³-hybridized carbons (Fsp3) is 0.462.